The molecular formula is C28H42N7O+. The third-order valence-electron chi connectivity index (χ3n) is 10.1. The van der Waals surface area contributed by atoms with Crippen molar-refractivity contribution >= 4 is 17.7 Å². The Hall–Kier alpha value is -2.29. The minimum absolute atomic E-state index is 0.403. The van der Waals surface area contributed by atoms with E-state index in [1.54, 1.807) is 0 Å². The van der Waals surface area contributed by atoms with Gasteiger partial charge in [0, 0.05) is 54.8 Å². The zero-order valence-electron chi connectivity index (χ0n) is 22.4. The van der Waals surface area contributed by atoms with Crippen molar-refractivity contribution in [2.45, 2.75) is 83.5 Å². The number of rotatable bonds is 7. The summed E-state index contributed by atoms with van der Waals surface area (Å²) in [6.45, 7) is 8.94. The number of aromatic nitrogens is 3. The normalized spacial score (nSPS) is 27.9. The smallest absolute Gasteiger partial charge is 0.235 e. The van der Waals surface area contributed by atoms with E-state index >= 15 is 0 Å². The maximum absolute atomic E-state index is 8.04. The molecule has 8 heteroatoms. The Labute approximate surface area is 214 Å². The predicted molar refractivity (Wildman–Crippen MR) is 141 cm³/mol. The summed E-state index contributed by atoms with van der Waals surface area (Å²) in [7, 11) is 4.35. The van der Waals surface area contributed by atoms with Gasteiger partial charge in [-0.05, 0) is 70.9 Å². The first-order valence-electron chi connectivity index (χ1n) is 13.8. The van der Waals surface area contributed by atoms with Gasteiger partial charge < -0.3 is 15.0 Å². The molecule has 194 valence electrons. The largest absolute Gasteiger partial charge is 0.378 e. The Morgan fingerprint density at radius 1 is 1.19 bits per heavy atom. The fourth-order valence-corrected chi connectivity index (χ4v) is 7.48. The van der Waals surface area contributed by atoms with Gasteiger partial charge in [0.05, 0.1) is 43.2 Å². The minimum atomic E-state index is 0.403. The molecule has 7 rings (SSSR count). The van der Waals surface area contributed by atoms with Gasteiger partial charge in [-0.15, -0.1) is 0 Å². The standard InChI is InChI=1S/C28H41N7O/c1-19-13-25(22(14-29)26(30-3)31-19)34-12-5-24-23(15-34)20(2)32-35(24)18-27-6-9-28(10-7-27,11-8-27)33(4)21-16-36-17-21/h13-14,21,29H,5-12,15-18H2,1-4H3,(H,30,31)/p+1. The first kappa shape index (κ1) is 24.1. The topological polar surface area (TPSA) is 86.9 Å². The second-order valence-corrected chi connectivity index (χ2v) is 11.9. The number of ether oxygens (including phenoxy) is 1. The molecular weight excluding hydrogens is 450 g/mol. The summed E-state index contributed by atoms with van der Waals surface area (Å²) >= 11 is 0. The summed E-state index contributed by atoms with van der Waals surface area (Å²) < 4.78 is 7.89. The van der Waals surface area contributed by atoms with Crippen molar-refractivity contribution in [3.05, 3.63) is 34.3 Å². The van der Waals surface area contributed by atoms with E-state index in [4.69, 9.17) is 15.2 Å². The maximum Gasteiger partial charge on any atom is 0.235 e. The predicted octanol–water partition coefficient (Wildman–Crippen LogP) is 2.70. The monoisotopic (exact) mass is 492 g/mol. The molecule has 1 saturated heterocycles. The van der Waals surface area contributed by atoms with E-state index in [0.29, 0.717) is 17.0 Å². The van der Waals surface area contributed by atoms with Crippen molar-refractivity contribution in [2.75, 3.05) is 38.8 Å². The van der Waals surface area contributed by atoms with Crippen LogP contribution >= 0.6 is 0 Å². The number of nitrogens with zero attached hydrogens (tertiary/aromatic N) is 5. The summed E-state index contributed by atoms with van der Waals surface area (Å²) in [5.74, 6) is 0.901. The van der Waals surface area contributed by atoms with Crippen molar-refractivity contribution < 1.29 is 10.1 Å². The lowest BCUT2D eigenvalue weighted by Gasteiger charge is -2.59. The highest BCUT2D eigenvalue weighted by molar-refractivity contribution is 5.90. The van der Waals surface area contributed by atoms with E-state index in [1.165, 1.54) is 61.7 Å². The number of nitrogens with one attached hydrogen (secondary N) is 1. The Morgan fingerprint density at radius 3 is 2.53 bits per heavy atom. The van der Waals surface area contributed by atoms with Crippen molar-refractivity contribution in [2.24, 2.45) is 5.41 Å². The summed E-state index contributed by atoms with van der Waals surface area (Å²) in [6.07, 6.45) is 10.4. The van der Waals surface area contributed by atoms with Gasteiger partial charge in [-0.1, -0.05) is 0 Å². The molecule has 2 aromatic rings. The van der Waals surface area contributed by atoms with Gasteiger partial charge in [0.1, 0.15) is 0 Å². The molecule has 2 aliphatic heterocycles. The van der Waals surface area contributed by atoms with E-state index in [1.807, 2.05) is 19.3 Å². The van der Waals surface area contributed by atoms with Crippen LogP contribution in [0.3, 0.4) is 0 Å². The highest BCUT2D eigenvalue weighted by Gasteiger charge is 2.52. The second kappa shape index (κ2) is 8.92. The van der Waals surface area contributed by atoms with E-state index in [2.05, 4.69) is 39.5 Å². The summed E-state index contributed by atoms with van der Waals surface area (Å²) in [5.41, 5.74) is 7.84. The molecule has 3 aliphatic carbocycles. The number of likely N-dealkylation sites (N-methyl/N-ethyl adjacent to an activating group) is 1. The van der Waals surface area contributed by atoms with Gasteiger partial charge >= 0.3 is 0 Å². The van der Waals surface area contributed by atoms with Gasteiger partial charge in [0.15, 0.2) is 0 Å². The number of hydrogen-bond donors (Lipinski definition) is 2. The van der Waals surface area contributed by atoms with Gasteiger partial charge in [-0.25, -0.2) is 4.98 Å². The lowest BCUT2D eigenvalue weighted by atomic mass is 9.56. The zero-order chi connectivity index (χ0) is 25.1. The molecule has 3 N–H and O–H groups in total. The van der Waals surface area contributed by atoms with Crippen LogP contribution in [0, 0.1) is 24.7 Å². The van der Waals surface area contributed by atoms with Crippen molar-refractivity contribution in [3.8, 4) is 0 Å². The lowest BCUT2D eigenvalue weighted by molar-refractivity contribution is -0.543. The molecule has 0 amide bonds. The van der Waals surface area contributed by atoms with Crippen LogP contribution in [0.15, 0.2) is 6.07 Å². The Kier molecular flexibility index (Phi) is 5.97. The summed E-state index contributed by atoms with van der Waals surface area (Å²) in [4.78, 5) is 9.75. The molecule has 8 nitrogen and oxygen atoms in total. The first-order valence-corrected chi connectivity index (χ1v) is 13.8. The molecule has 0 aromatic carbocycles. The number of hydrogen-bond acceptors (Lipinski definition) is 6. The van der Waals surface area contributed by atoms with E-state index in [0.717, 1.165) is 62.0 Å². The quantitative estimate of drug-likeness (QED) is 0.581. The highest BCUT2D eigenvalue weighted by atomic mass is 16.5. The number of nitrogens with two attached hydrogens (primary N) is 1. The molecule has 0 unspecified atom stereocenters. The molecule has 0 spiro atoms. The summed E-state index contributed by atoms with van der Waals surface area (Å²) in [6, 6.07) is 2.77. The van der Waals surface area contributed by atoms with Crippen molar-refractivity contribution in [3.63, 3.8) is 0 Å². The number of fused-ring (bicyclic) bond motifs is 4. The van der Waals surface area contributed by atoms with Crippen LogP contribution in [0.1, 0.15) is 66.7 Å². The number of anilines is 1. The first-order chi connectivity index (χ1) is 17.4. The van der Waals surface area contributed by atoms with Crippen molar-refractivity contribution in [1.82, 2.24) is 19.7 Å². The molecule has 4 heterocycles. The number of aryl methyl sites for hydroxylation is 2. The van der Waals surface area contributed by atoms with Crippen LogP contribution < -0.4 is 10.2 Å². The van der Waals surface area contributed by atoms with E-state index < -0.39 is 0 Å². The van der Waals surface area contributed by atoms with Gasteiger partial charge in [-0.3, -0.25) is 14.9 Å². The Balaban J connectivity index is 1.20. The molecule has 5 aliphatic rings. The van der Waals surface area contributed by atoms with Crippen LogP contribution in [-0.4, -0.2) is 71.3 Å². The molecule has 2 bridgehead atoms. The van der Waals surface area contributed by atoms with Crippen LogP contribution in [0.25, 0.3) is 0 Å². The second-order valence-electron chi connectivity index (χ2n) is 11.9. The van der Waals surface area contributed by atoms with E-state index in [-0.39, 0.29) is 0 Å². The highest BCUT2D eigenvalue weighted by Crippen LogP contribution is 2.55. The van der Waals surface area contributed by atoms with Gasteiger partial charge in [-0.2, -0.15) is 5.10 Å². The molecule has 2 aromatic heterocycles. The minimum Gasteiger partial charge on any atom is -0.378 e. The van der Waals surface area contributed by atoms with Gasteiger partial charge in [0.25, 0.3) is 0 Å². The molecule has 0 atom stereocenters. The number of pyridine rings is 1. The van der Waals surface area contributed by atoms with E-state index in [9.17, 15) is 0 Å². The molecule has 4 fully saturated rings. The fraction of sp³-hybridized carbons (Fsp3) is 0.679. The average molecular weight is 493 g/mol. The third-order valence-corrected chi connectivity index (χ3v) is 10.1. The molecule has 0 radical (unpaired) electrons. The third kappa shape index (κ3) is 3.80. The van der Waals surface area contributed by atoms with Crippen molar-refractivity contribution in [1.29, 1.82) is 5.41 Å². The molecule has 3 saturated carbocycles. The van der Waals surface area contributed by atoms with Gasteiger partial charge in [0.2, 0.25) is 5.82 Å². The number of quaternary nitrogens is 1. The average Bonchev–Trinajstić information content (AvgIpc) is 3.17. The zero-order valence-corrected chi connectivity index (χ0v) is 22.4. The fourth-order valence-electron chi connectivity index (χ4n) is 7.48. The van der Waals surface area contributed by atoms with Crippen LogP contribution in [-0.2, 0) is 24.2 Å². The van der Waals surface area contributed by atoms with Crippen LogP contribution in [0.5, 0.6) is 0 Å². The SMILES string of the molecule is C[NH2+]c1nc(C)cc(N2CCc3c(c(C)nn3CC34CCC(N(C)C5COC5)(CC3)CC4)C2)c1C=N. The maximum atomic E-state index is 8.04. The lowest BCUT2D eigenvalue weighted by Crippen LogP contribution is -2.74. The molecule has 36 heavy (non-hydrogen) atoms. The van der Waals surface area contributed by atoms with Crippen LogP contribution in [0.2, 0.25) is 0 Å². The summed E-state index contributed by atoms with van der Waals surface area (Å²) in [5, 5.41) is 15.2. The van der Waals surface area contributed by atoms with Crippen LogP contribution in [0.4, 0.5) is 11.5 Å². The Bertz CT molecular complexity index is 1140. The Morgan fingerprint density at radius 2 is 1.92 bits per heavy atom.